The van der Waals surface area contributed by atoms with Crippen LogP contribution in [0.15, 0.2) is 97.1 Å². The van der Waals surface area contributed by atoms with Crippen molar-refractivity contribution in [1.82, 2.24) is 0 Å². The first kappa shape index (κ1) is 16.9. The first-order chi connectivity index (χ1) is 14.8. The molecular weight excluding hydrogens is 372 g/mol. The summed E-state index contributed by atoms with van der Waals surface area (Å²) in [7, 11) is 0. The molecule has 0 unspecified atom stereocenters. The van der Waals surface area contributed by atoms with E-state index in [1.54, 1.807) is 0 Å². The minimum absolute atomic E-state index is 0.0468. The van der Waals surface area contributed by atoms with Gasteiger partial charge in [0, 0.05) is 16.9 Å². The van der Waals surface area contributed by atoms with Crippen molar-refractivity contribution in [3.8, 4) is 11.5 Å². The molecule has 0 fully saturated rings. The van der Waals surface area contributed by atoms with Gasteiger partial charge in [-0.1, -0.05) is 48.5 Å². The molecule has 144 valence electrons. The molecule has 0 saturated heterocycles. The predicted molar refractivity (Wildman–Crippen MR) is 118 cm³/mol. The molecule has 0 atom stereocenters. The average Bonchev–Trinajstić information content (AvgIpc) is 3.14. The van der Waals surface area contributed by atoms with Crippen LogP contribution >= 0.6 is 0 Å². The molecular formula is C26H18N2O2. The fraction of sp³-hybridized carbons (Fsp3) is 0.0385. The fourth-order valence-electron chi connectivity index (χ4n) is 4.25. The number of nitrogens with zero attached hydrogens (tertiary/aromatic N) is 2. The van der Waals surface area contributed by atoms with Gasteiger partial charge in [-0.25, -0.2) is 0 Å². The van der Waals surface area contributed by atoms with E-state index >= 15 is 0 Å². The molecule has 4 nitrogen and oxygen atoms in total. The van der Waals surface area contributed by atoms with E-state index in [1.165, 1.54) is 0 Å². The lowest BCUT2D eigenvalue weighted by Crippen LogP contribution is -2.23. The number of hydrogen-bond donors (Lipinski definition) is 0. The van der Waals surface area contributed by atoms with E-state index < -0.39 is 0 Å². The second-order valence-corrected chi connectivity index (χ2v) is 7.44. The summed E-state index contributed by atoms with van der Waals surface area (Å²) in [6.45, 7) is 0.592. The standard InChI is InChI=1S/C26H18N2O2/c29-26-21-11-2-1-8-18(21)17-27(26)19-9-7-10-20(16-19)28-22-12-3-5-14-24(22)30-25-15-6-4-13-23(25)28/h1-16H,17H2. The summed E-state index contributed by atoms with van der Waals surface area (Å²) < 4.78 is 6.11. The Labute approximate surface area is 174 Å². The van der Waals surface area contributed by atoms with Crippen molar-refractivity contribution in [2.75, 3.05) is 9.80 Å². The largest absolute Gasteiger partial charge is 0.453 e. The van der Waals surface area contributed by atoms with Gasteiger partial charge in [0.1, 0.15) is 0 Å². The van der Waals surface area contributed by atoms with E-state index in [0.29, 0.717) is 6.54 Å². The highest BCUT2D eigenvalue weighted by Crippen LogP contribution is 2.50. The highest BCUT2D eigenvalue weighted by atomic mass is 16.5. The van der Waals surface area contributed by atoms with Crippen molar-refractivity contribution in [3.63, 3.8) is 0 Å². The quantitative estimate of drug-likeness (QED) is 0.348. The monoisotopic (exact) mass is 390 g/mol. The summed E-state index contributed by atoms with van der Waals surface area (Å²) in [6.07, 6.45) is 0. The zero-order valence-electron chi connectivity index (χ0n) is 16.2. The number of benzene rings is 4. The fourth-order valence-corrected chi connectivity index (χ4v) is 4.25. The zero-order chi connectivity index (χ0) is 20.1. The van der Waals surface area contributed by atoms with E-state index in [2.05, 4.69) is 29.2 Å². The molecule has 0 aliphatic carbocycles. The maximum Gasteiger partial charge on any atom is 0.258 e. The van der Waals surface area contributed by atoms with E-state index in [0.717, 1.165) is 45.4 Å². The normalized spacial score (nSPS) is 14.1. The van der Waals surface area contributed by atoms with Crippen LogP contribution in [0.5, 0.6) is 11.5 Å². The molecule has 30 heavy (non-hydrogen) atoms. The van der Waals surface area contributed by atoms with E-state index in [4.69, 9.17) is 4.74 Å². The molecule has 4 heteroatoms. The van der Waals surface area contributed by atoms with Crippen molar-refractivity contribution in [2.24, 2.45) is 0 Å². The third-order valence-corrected chi connectivity index (χ3v) is 5.65. The second-order valence-electron chi connectivity index (χ2n) is 7.44. The van der Waals surface area contributed by atoms with Gasteiger partial charge in [-0.3, -0.25) is 4.79 Å². The molecule has 0 N–H and O–H groups in total. The van der Waals surface area contributed by atoms with E-state index in [-0.39, 0.29) is 5.91 Å². The number of anilines is 4. The van der Waals surface area contributed by atoms with Gasteiger partial charge in [-0.2, -0.15) is 0 Å². The Morgan fingerprint density at radius 2 is 1.30 bits per heavy atom. The van der Waals surface area contributed by atoms with Crippen LogP contribution in [0.4, 0.5) is 22.7 Å². The molecule has 0 spiro atoms. The minimum atomic E-state index is 0.0468. The van der Waals surface area contributed by atoms with Gasteiger partial charge in [-0.15, -0.1) is 0 Å². The lowest BCUT2D eigenvalue weighted by atomic mass is 10.1. The number of rotatable bonds is 2. The third-order valence-electron chi connectivity index (χ3n) is 5.65. The van der Waals surface area contributed by atoms with Crippen LogP contribution < -0.4 is 14.5 Å². The molecule has 0 aromatic heterocycles. The van der Waals surface area contributed by atoms with Crippen LogP contribution in [0.1, 0.15) is 15.9 Å². The lowest BCUT2D eigenvalue weighted by Gasteiger charge is -2.33. The second kappa shape index (κ2) is 6.49. The summed E-state index contributed by atoms with van der Waals surface area (Å²) in [6, 6.07) is 32.0. The minimum Gasteiger partial charge on any atom is -0.453 e. The molecule has 6 rings (SSSR count). The van der Waals surface area contributed by atoms with Crippen LogP contribution in [0, 0.1) is 0 Å². The number of carbonyl (C=O) groups is 1. The Balaban J connectivity index is 1.46. The molecule has 0 saturated carbocycles. The number of amides is 1. The van der Waals surface area contributed by atoms with Crippen molar-refractivity contribution >= 4 is 28.7 Å². The number of carbonyl (C=O) groups excluding carboxylic acids is 1. The Kier molecular flexibility index (Phi) is 3.65. The summed E-state index contributed by atoms with van der Waals surface area (Å²) in [5.74, 6) is 1.67. The van der Waals surface area contributed by atoms with Gasteiger partial charge in [0.2, 0.25) is 0 Å². The third kappa shape index (κ3) is 2.51. The van der Waals surface area contributed by atoms with Crippen LogP contribution in [-0.2, 0) is 6.54 Å². The molecule has 4 aromatic carbocycles. The molecule has 2 heterocycles. The smallest absolute Gasteiger partial charge is 0.258 e. The summed E-state index contributed by atoms with van der Waals surface area (Å²) in [4.78, 5) is 17.0. The summed E-state index contributed by atoms with van der Waals surface area (Å²) >= 11 is 0. The topological polar surface area (TPSA) is 32.8 Å². The van der Waals surface area contributed by atoms with Gasteiger partial charge < -0.3 is 14.5 Å². The van der Waals surface area contributed by atoms with E-state index in [1.807, 2.05) is 77.7 Å². The van der Waals surface area contributed by atoms with E-state index in [9.17, 15) is 4.79 Å². The maximum absolute atomic E-state index is 13.0. The molecule has 0 radical (unpaired) electrons. The van der Waals surface area contributed by atoms with Crippen LogP contribution in [0.3, 0.4) is 0 Å². The number of hydrogen-bond acceptors (Lipinski definition) is 3. The molecule has 0 bridgehead atoms. The Morgan fingerprint density at radius 3 is 2.03 bits per heavy atom. The highest BCUT2D eigenvalue weighted by molar-refractivity contribution is 6.10. The van der Waals surface area contributed by atoms with Gasteiger partial charge in [0.05, 0.1) is 17.9 Å². The predicted octanol–water partition coefficient (Wildman–Crippen LogP) is 6.42. The van der Waals surface area contributed by atoms with Crippen LogP contribution in [0.25, 0.3) is 0 Å². The Morgan fingerprint density at radius 1 is 0.667 bits per heavy atom. The molecule has 2 aliphatic heterocycles. The van der Waals surface area contributed by atoms with Crippen molar-refractivity contribution in [2.45, 2.75) is 6.54 Å². The molecule has 1 amide bonds. The summed E-state index contributed by atoms with van der Waals surface area (Å²) in [5.41, 5.74) is 5.67. The highest BCUT2D eigenvalue weighted by Gasteiger charge is 2.29. The van der Waals surface area contributed by atoms with Crippen molar-refractivity contribution in [1.29, 1.82) is 0 Å². The van der Waals surface area contributed by atoms with Gasteiger partial charge >= 0.3 is 0 Å². The molecule has 2 aliphatic rings. The number of fused-ring (bicyclic) bond motifs is 3. The number of ether oxygens (including phenoxy) is 1. The van der Waals surface area contributed by atoms with Crippen molar-refractivity contribution < 1.29 is 9.53 Å². The summed E-state index contributed by atoms with van der Waals surface area (Å²) in [5, 5.41) is 0. The first-order valence-electron chi connectivity index (χ1n) is 9.95. The van der Waals surface area contributed by atoms with Crippen LogP contribution in [0.2, 0.25) is 0 Å². The Bertz CT molecular complexity index is 1250. The van der Waals surface area contributed by atoms with Crippen molar-refractivity contribution in [3.05, 3.63) is 108 Å². The Hall–Kier alpha value is -4.05. The molecule has 4 aromatic rings. The van der Waals surface area contributed by atoms with Gasteiger partial charge in [-0.05, 0) is 54.1 Å². The van der Waals surface area contributed by atoms with Gasteiger partial charge in [0.15, 0.2) is 11.5 Å². The first-order valence-corrected chi connectivity index (χ1v) is 9.95. The maximum atomic E-state index is 13.0. The van der Waals surface area contributed by atoms with Gasteiger partial charge in [0.25, 0.3) is 5.91 Å². The number of para-hydroxylation sites is 4. The lowest BCUT2D eigenvalue weighted by molar-refractivity contribution is 0.0996. The zero-order valence-corrected chi connectivity index (χ0v) is 16.2. The SMILES string of the molecule is O=C1c2ccccc2CN1c1cccc(N2c3ccccc3Oc3ccccc32)c1. The average molecular weight is 390 g/mol. The van der Waals surface area contributed by atoms with Crippen LogP contribution in [-0.4, -0.2) is 5.91 Å².